The van der Waals surface area contributed by atoms with Crippen LogP contribution < -0.4 is 4.74 Å². The van der Waals surface area contributed by atoms with E-state index < -0.39 is 0 Å². The van der Waals surface area contributed by atoms with E-state index in [1.54, 1.807) is 0 Å². The van der Waals surface area contributed by atoms with E-state index in [1.165, 1.54) is 0 Å². The largest absolute Gasteiger partial charge is 0.491 e. The van der Waals surface area contributed by atoms with Gasteiger partial charge in [0.2, 0.25) is 0 Å². The molecule has 0 saturated heterocycles. The zero-order valence-corrected chi connectivity index (χ0v) is 11.8. The second-order valence-electron chi connectivity index (χ2n) is 3.62. The Balaban J connectivity index is 2.50. The first-order chi connectivity index (χ1) is 7.65. The van der Waals surface area contributed by atoms with Gasteiger partial charge in [0, 0.05) is 15.9 Å². The number of benzene rings is 1. The van der Waals surface area contributed by atoms with E-state index in [9.17, 15) is 0 Å². The van der Waals surface area contributed by atoms with E-state index in [0.717, 1.165) is 16.3 Å². The topological polar surface area (TPSA) is 18.5 Å². The van der Waals surface area contributed by atoms with Gasteiger partial charge >= 0.3 is 0 Å². The summed E-state index contributed by atoms with van der Waals surface area (Å²) in [4.78, 5) is 0. The first-order valence-electron chi connectivity index (χ1n) is 5.23. The molecule has 0 aliphatic rings. The molecule has 0 unspecified atom stereocenters. The maximum Gasteiger partial charge on any atom is 0.124 e. The fraction of sp³-hybridized carbons (Fsp3) is 0.500. The highest BCUT2D eigenvalue weighted by atomic mass is 79.9. The molecule has 1 rings (SSSR count). The monoisotopic (exact) mass is 306 g/mol. The maximum atomic E-state index is 6.05. The third kappa shape index (κ3) is 4.32. The molecule has 16 heavy (non-hydrogen) atoms. The number of halogens is 2. The molecule has 4 heteroatoms. The quantitative estimate of drug-likeness (QED) is 0.583. The molecule has 0 spiro atoms. The van der Waals surface area contributed by atoms with Crippen LogP contribution in [0, 0.1) is 0 Å². The van der Waals surface area contributed by atoms with Crippen LogP contribution in [0.1, 0.15) is 19.4 Å². The van der Waals surface area contributed by atoms with Crippen molar-refractivity contribution in [2.24, 2.45) is 0 Å². The molecular formula is C12H16BrClO2. The fourth-order valence-corrected chi connectivity index (χ4v) is 2.21. The molecule has 1 aromatic carbocycles. The van der Waals surface area contributed by atoms with Gasteiger partial charge in [-0.15, -0.1) is 0 Å². The molecule has 0 N–H and O–H groups in total. The lowest BCUT2D eigenvalue weighted by molar-refractivity contribution is 0.0551. The Morgan fingerprint density at radius 2 is 2.06 bits per heavy atom. The van der Waals surface area contributed by atoms with Crippen LogP contribution in [0.5, 0.6) is 5.75 Å². The maximum absolute atomic E-state index is 6.05. The first kappa shape index (κ1) is 13.8. The Hall–Kier alpha value is -0.250. The van der Waals surface area contributed by atoms with Crippen molar-refractivity contribution < 1.29 is 9.47 Å². The number of alkyl halides is 1. The van der Waals surface area contributed by atoms with Gasteiger partial charge in [-0.25, -0.2) is 0 Å². The molecule has 2 nitrogen and oxygen atoms in total. The Labute approximate surface area is 110 Å². The fourth-order valence-electron chi connectivity index (χ4n) is 1.24. The van der Waals surface area contributed by atoms with Gasteiger partial charge in [0.05, 0.1) is 12.7 Å². The lowest BCUT2D eigenvalue weighted by atomic mass is 10.2. The van der Waals surface area contributed by atoms with E-state index in [1.807, 2.05) is 32.0 Å². The van der Waals surface area contributed by atoms with Crippen molar-refractivity contribution in [2.45, 2.75) is 25.3 Å². The van der Waals surface area contributed by atoms with Gasteiger partial charge in [-0.2, -0.15) is 0 Å². The first-order valence-corrected chi connectivity index (χ1v) is 6.73. The van der Waals surface area contributed by atoms with Crippen LogP contribution in [-0.4, -0.2) is 19.3 Å². The summed E-state index contributed by atoms with van der Waals surface area (Å²) in [7, 11) is 0. The molecule has 0 heterocycles. The van der Waals surface area contributed by atoms with Gasteiger partial charge in [-0.1, -0.05) is 33.6 Å². The van der Waals surface area contributed by atoms with E-state index in [2.05, 4.69) is 15.9 Å². The summed E-state index contributed by atoms with van der Waals surface area (Å²) in [6.45, 7) is 5.14. The van der Waals surface area contributed by atoms with Gasteiger partial charge in [-0.3, -0.25) is 0 Å². The lowest BCUT2D eigenvalue weighted by Gasteiger charge is -2.12. The van der Waals surface area contributed by atoms with Crippen LogP contribution in [0.4, 0.5) is 0 Å². The van der Waals surface area contributed by atoms with Crippen LogP contribution >= 0.6 is 27.5 Å². The van der Waals surface area contributed by atoms with Crippen molar-refractivity contribution >= 4 is 27.5 Å². The number of ether oxygens (including phenoxy) is 2. The summed E-state index contributed by atoms with van der Waals surface area (Å²) in [6, 6.07) is 5.65. The second kappa shape index (κ2) is 7.15. The lowest BCUT2D eigenvalue weighted by Crippen LogP contribution is -2.11. The molecule has 0 amide bonds. The summed E-state index contributed by atoms with van der Waals surface area (Å²) in [5, 5.41) is 1.41. The summed E-state index contributed by atoms with van der Waals surface area (Å²) < 4.78 is 11.0. The van der Waals surface area contributed by atoms with Crippen LogP contribution in [0.15, 0.2) is 18.2 Å². The molecule has 0 fully saturated rings. The minimum absolute atomic E-state index is 0.235. The molecular weight excluding hydrogens is 291 g/mol. The van der Waals surface area contributed by atoms with E-state index in [-0.39, 0.29) is 6.10 Å². The van der Waals surface area contributed by atoms with Gasteiger partial charge in [0.25, 0.3) is 0 Å². The summed E-state index contributed by atoms with van der Waals surface area (Å²) in [5.74, 6) is 0.816. The minimum atomic E-state index is 0.235. The van der Waals surface area contributed by atoms with Crippen LogP contribution in [0.2, 0.25) is 5.02 Å². The van der Waals surface area contributed by atoms with Crippen LogP contribution in [0.25, 0.3) is 0 Å². The van der Waals surface area contributed by atoms with Crippen molar-refractivity contribution in [3.63, 3.8) is 0 Å². The molecule has 90 valence electrons. The Morgan fingerprint density at radius 1 is 1.31 bits per heavy atom. The zero-order chi connectivity index (χ0) is 12.0. The van der Waals surface area contributed by atoms with Gasteiger partial charge in [0.1, 0.15) is 12.4 Å². The van der Waals surface area contributed by atoms with Crippen LogP contribution in [-0.2, 0) is 10.1 Å². The standard InChI is InChI=1S/C12H16BrClO2/c1-9(2)15-6-7-16-12-5-3-4-11(14)10(12)8-13/h3-5,9H,6-8H2,1-2H3. The van der Waals surface area contributed by atoms with Crippen molar-refractivity contribution in [1.82, 2.24) is 0 Å². The average molecular weight is 308 g/mol. The molecule has 0 aliphatic carbocycles. The van der Waals surface area contributed by atoms with Crippen molar-refractivity contribution in [3.8, 4) is 5.75 Å². The van der Waals surface area contributed by atoms with Crippen molar-refractivity contribution in [2.75, 3.05) is 13.2 Å². The number of rotatable bonds is 6. The van der Waals surface area contributed by atoms with Gasteiger partial charge in [0.15, 0.2) is 0 Å². The summed E-state index contributed by atoms with van der Waals surface area (Å²) >= 11 is 9.45. The highest BCUT2D eigenvalue weighted by molar-refractivity contribution is 9.08. The van der Waals surface area contributed by atoms with Crippen LogP contribution in [0.3, 0.4) is 0 Å². The molecule has 0 aliphatic heterocycles. The highest BCUT2D eigenvalue weighted by Crippen LogP contribution is 2.28. The number of hydrogen-bond acceptors (Lipinski definition) is 2. The van der Waals surface area contributed by atoms with Crippen molar-refractivity contribution in [1.29, 1.82) is 0 Å². The second-order valence-corrected chi connectivity index (χ2v) is 4.59. The molecule has 0 atom stereocenters. The van der Waals surface area contributed by atoms with Gasteiger partial charge < -0.3 is 9.47 Å². The smallest absolute Gasteiger partial charge is 0.124 e. The average Bonchev–Trinajstić information content (AvgIpc) is 2.24. The molecule has 0 saturated carbocycles. The third-order valence-corrected chi connectivity index (χ3v) is 2.92. The summed E-state index contributed by atoms with van der Waals surface area (Å²) in [6.07, 6.45) is 0.235. The van der Waals surface area contributed by atoms with Crippen molar-refractivity contribution in [3.05, 3.63) is 28.8 Å². The molecule has 0 aromatic heterocycles. The normalized spacial score (nSPS) is 10.8. The highest BCUT2D eigenvalue weighted by Gasteiger charge is 2.06. The molecule has 1 aromatic rings. The minimum Gasteiger partial charge on any atom is -0.491 e. The molecule has 0 bridgehead atoms. The summed E-state index contributed by atoms with van der Waals surface area (Å²) in [5.41, 5.74) is 0.980. The van der Waals surface area contributed by atoms with E-state index in [0.29, 0.717) is 18.5 Å². The van der Waals surface area contributed by atoms with E-state index >= 15 is 0 Å². The predicted octanol–water partition coefficient (Wildman–Crippen LogP) is 4.04. The Kier molecular flexibility index (Phi) is 6.17. The predicted molar refractivity (Wildman–Crippen MR) is 70.7 cm³/mol. The van der Waals surface area contributed by atoms with E-state index in [4.69, 9.17) is 21.1 Å². The molecule has 0 radical (unpaired) electrons. The SMILES string of the molecule is CC(C)OCCOc1cccc(Cl)c1CBr. The third-order valence-electron chi connectivity index (χ3n) is 2.00. The van der Waals surface area contributed by atoms with Gasteiger partial charge in [-0.05, 0) is 26.0 Å². The Morgan fingerprint density at radius 3 is 2.69 bits per heavy atom. The Bertz CT molecular complexity index is 329. The zero-order valence-electron chi connectivity index (χ0n) is 9.50. The number of hydrogen-bond donors (Lipinski definition) is 0.